The number of aliphatic hydroxyl groups is 2. The van der Waals surface area contributed by atoms with Crippen molar-refractivity contribution in [1.29, 1.82) is 0 Å². The number of aromatic nitrogens is 6. The van der Waals surface area contributed by atoms with Crippen LogP contribution in [-0.2, 0) is 4.79 Å². The maximum atomic E-state index is 12.3. The predicted molar refractivity (Wildman–Crippen MR) is 113 cm³/mol. The van der Waals surface area contributed by atoms with Crippen molar-refractivity contribution in [2.24, 2.45) is 11.3 Å². The number of amides is 1. The second kappa shape index (κ2) is 6.94. The molecule has 0 spiro atoms. The van der Waals surface area contributed by atoms with Crippen LogP contribution < -0.4 is 10.6 Å². The van der Waals surface area contributed by atoms with E-state index in [1.807, 2.05) is 0 Å². The maximum Gasteiger partial charge on any atom is 0.228 e. The van der Waals surface area contributed by atoms with Gasteiger partial charge in [-0.2, -0.15) is 5.10 Å². The molecular formula is C21H22N8O3. The van der Waals surface area contributed by atoms with E-state index < -0.39 is 23.2 Å². The smallest absolute Gasteiger partial charge is 0.228 e. The van der Waals surface area contributed by atoms with Gasteiger partial charge in [0.1, 0.15) is 11.3 Å². The fraction of sp³-hybridized carbons (Fsp3) is 0.429. The molecule has 11 nitrogen and oxygen atoms in total. The monoisotopic (exact) mass is 434 g/mol. The van der Waals surface area contributed by atoms with Crippen LogP contribution >= 0.6 is 0 Å². The number of nitrogens with zero attached hydrogens (tertiary/aromatic N) is 6. The number of aliphatic hydroxyl groups excluding tert-OH is 1. The Morgan fingerprint density at radius 1 is 1.31 bits per heavy atom. The average Bonchev–Trinajstić information content (AvgIpc) is 3.08. The number of carbonyl (C=O) groups is 1. The Hall–Kier alpha value is -3.62. The molecule has 0 saturated heterocycles. The summed E-state index contributed by atoms with van der Waals surface area (Å²) in [5.74, 6) is 5.91. The van der Waals surface area contributed by atoms with Gasteiger partial charge in [0, 0.05) is 26.2 Å². The first kappa shape index (κ1) is 20.3. The van der Waals surface area contributed by atoms with Crippen molar-refractivity contribution >= 4 is 22.9 Å². The van der Waals surface area contributed by atoms with Crippen LogP contribution in [0.15, 0.2) is 24.7 Å². The summed E-state index contributed by atoms with van der Waals surface area (Å²) < 4.78 is 1.74. The molecule has 1 amide bonds. The zero-order valence-electron chi connectivity index (χ0n) is 17.7. The molecule has 0 radical (unpaired) electrons. The lowest BCUT2D eigenvalue weighted by atomic mass is 9.80. The summed E-state index contributed by atoms with van der Waals surface area (Å²) in [7, 11) is 3.24. The van der Waals surface area contributed by atoms with Gasteiger partial charge in [-0.15, -0.1) is 5.10 Å². The van der Waals surface area contributed by atoms with Crippen LogP contribution in [-0.4, -0.2) is 71.6 Å². The van der Waals surface area contributed by atoms with Gasteiger partial charge in [-0.25, -0.2) is 15.0 Å². The number of rotatable bonds is 3. The largest absolute Gasteiger partial charge is 0.389 e. The molecule has 2 aliphatic rings. The van der Waals surface area contributed by atoms with E-state index in [-0.39, 0.29) is 17.6 Å². The molecule has 5 rings (SSSR count). The van der Waals surface area contributed by atoms with Crippen molar-refractivity contribution in [1.82, 2.24) is 35.0 Å². The van der Waals surface area contributed by atoms with Crippen molar-refractivity contribution in [2.45, 2.75) is 31.1 Å². The van der Waals surface area contributed by atoms with Gasteiger partial charge in [-0.05, 0) is 37.3 Å². The molecule has 2 fully saturated rings. The van der Waals surface area contributed by atoms with Crippen LogP contribution in [0.4, 0.5) is 5.82 Å². The summed E-state index contributed by atoms with van der Waals surface area (Å²) in [5.41, 5.74) is -1.01. The molecular weight excluding hydrogens is 412 g/mol. The van der Waals surface area contributed by atoms with E-state index >= 15 is 0 Å². The fourth-order valence-corrected chi connectivity index (χ4v) is 4.92. The number of imidazole rings is 1. The minimum absolute atomic E-state index is 0.253. The highest BCUT2D eigenvalue weighted by molar-refractivity contribution is 5.85. The van der Waals surface area contributed by atoms with E-state index in [9.17, 15) is 15.0 Å². The van der Waals surface area contributed by atoms with Crippen molar-refractivity contribution < 1.29 is 15.0 Å². The Bertz CT molecular complexity index is 1280. The third kappa shape index (κ3) is 2.70. The second-order valence-corrected chi connectivity index (χ2v) is 8.37. The van der Waals surface area contributed by atoms with Crippen molar-refractivity contribution in [3.63, 3.8) is 0 Å². The third-order valence-electron chi connectivity index (χ3n) is 6.60. The van der Waals surface area contributed by atoms with Crippen LogP contribution in [0.3, 0.4) is 0 Å². The quantitative estimate of drug-likeness (QED) is 0.399. The van der Waals surface area contributed by atoms with E-state index in [2.05, 4.69) is 47.6 Å². The molecule has 1 unspecified atom stereocenters. The molecule has 0 bridgehead atoms. The highest BCUT2D eigenvalue weighted by atomic mass is 16.4. The summed E-state index contributed by atoms with van der Waals surface area (Å²) in [6, 6.07) is 3.01. The van der Waals surface area contributed by atoms with Gasteiger partial charge in [-0.1, -0.05) is 0 Å². The van der Waals surface area contributed by atoms with E-state index in [1.165, 1.54) is 7.05 Å². The SMILES string of the molecule is CNC(=O)C1(C)C[C@H]2[C@@H](n3cnc4c(NC)nc(C#Cc5cccnn5)nc43)[C@@]2(O)[C@@H]1O. The molecule has 164 valence electrons. The predicted octanol–water partition coefficient (Wildman–Crippen LogP) is -0.523. The van der Waals surface area contributed by atoms with E-state index in [0.717, 1.165) is 0 Å². The van der Waals surface area contributed by atoms with Crippen LogP contribution in [0.1, 0.15) is 30.9 Å². The summed E-state index contributed by atoms with van der Waals surface area (Å²) in [6.45, 7) is 1.67. The van der Waals surface area contributed by atoms with Gasteiger partial charge in [0.25, 0.3) is 0 Å². The summed E-state index contributed by atoms with van der Waals surface area (Å²) in [5, 5.41) is 35.5. The van der Waals surface area contributed by atoms with Gasteiger partial charge in [0.05, 0.1) is 23.9 Å². The molecule has 2 saturated carbocycles. The highest BCUT2D eigenvalue weighted by Gasteiger charge is 2.79. The molecule has 32 heavy (non-hydrogen) atoms. The van der Waals surface area contributed by atoms with Gasteiger partial charge in [0.15, 0.2) is 17.0 Å². The van der Waals surface area contributed by atoms with Crippen molar-refractivity contribution in [3.05, 3.63) is 36.2 Å². The molecule has 3 heterocycles. The first-order valence-electron chi connectivity index (χ1n) is 10.2. The zero-order valence-corrected chi connectivity index (χ0v) is 17.7. The van der Waals surface area contributed by atoms with Crippen molar-refractivity contribution in [2.75, 3.05) is 19.4 Å². The van der Waals surface area contributed by atoms with Crippen LogP contribution in [0.5, 0.6) is 0 Å². The minimum Gasteiger partial charge on any atom is -0.389 e. The van der Waals surface area contributed by atoms with Crippen LogP contribution in [0.25, 0.3) is 11.2 Å². The highest BCUT2D eigenvalue weighted by Crippen LogP contribution is 2.69. The summed E-state index contributed by atoms with van der Waals surface area (Å²) in [6.07, 6.45) is 2.26. The Morgan fingerprint density at radius 3 is 2.75 bits per heavy atom. The van der Waals surface area contributed by atoms with Crippen LogP contribution in [0.2, 0.25) is 0 Å². The number of hydrogen-bond acceptors (Lipinski definition) is 9. The van der Waals surface area contributed by atoms with Gasteiger partial charge < -0.3 is 25.4 Å². The van der Waals surface area contributed by atoms with Gasteiger partial charge in [-0.3, -0.25) is 4.79 Å². The number of hydrogen-bond donors (Lipinski definition) is 4. The average molecular weight is 434 g/mol. The lowest BCUT2D eigenvalue weighted by Crippen LogP contribution is -2.49. The molecule has 3 aromatic heterocycles. The molecule has 0 aliphatic heterocycles. The molecule has 5 atom stereocenters. The van der Waals surface area contributed by atoms with Crippen molar-refractivity contribution in [3.8, 4) is 11.8 Å². The van der Waals surface area contributed by atoms with Crippen LogP contribution in [0, 0.1) is 23.2 Å². The second-order valence-electron chi connectivity index (χ2n) is 8.37. The zero-order chi connectivity index (χ0) is 22.7. The molecule has 4 N–H and O–H groups in total. The number of carbonyl (C=O) groups excluding carboxylic acids is 1. The topological polar surface area (TPSA) is 151 Å². The van der Waals surface area contributed by atoms with Gasteiger partial charge in [0.2, 0.25) is 11.7 Å². The molecule has 11 heteroatoms. The Morgan fingerprint density at radius 2 is 2.12 bits per heavy atom. The standard InChI is InChI=1S/C21H22N8O3/c1-20(19(31)23-3)9-12-15(21(12,32)18(20)30)29-10-24-14-16(22-2)26-13(27-17(14)29)7-6-11-5-4-8-25-28-11/h4-5,8,10,12,15,18,30,32H,9H2,1-3H3,(H,23,31)(H,22,26,27)/t12-,15+,18+,20?,21+/m0/s1. The number of anilines is 1. The molecule has 3 aromatic rings. The van der Waals surface area contributed by atoms with E-state index in [1.54, 1.807) is 43.2 Å². The molecule has 2 aliphatic carbocycles. The van der Waals surface area contributed by atoms with Gasteiger partial charge >= 0.3 is 0 Å². The normalized spacial score (nSPS) is 30.3. The fourth-order valence-electron chi connectivity index (χ4n) is 4.92. The van der Waals surface area contributed by atoms with E-state index in [0.29, 0.717) is 29.1 Å². The third-order valence-corrected chi connectivity index (χ3v) is 6.60. The number of nitrogens with one attached hydrogen (secondary N) is 2. The Kier molecular flexibility index (Phi) is 4.40. The Labute approximate surface area is 183 Å². The summed E-state index contributed by atoms with van der Waals surface area (Å²) >= 11 is 0. The lowest BCUT2D eigenvalue weighted by molar-refractivity contribution is -0.140. The Balaban J connectivity index is 1.53. The van der Waals surface area contributed by atoms with E-state index in [4.69, 9.17) is 0 Å². The minimum atomic E-state index is -1.44. The lowest BCUT2D eigenvalue weighted by Gasteiger charge is -2.32. The maximum absolute atomic E-state index is 12.3. The first-order valence-corrected chi connectivity index (χ1v) is 10.2. The first-order chi connectivity index (χ1) is 15.3. The summed E-state index contributed by atoms with van der Waals surface area (Å²) in [4.78, 5) is 25.7. The number of fused-ring (bicyclic) bond motifs is 2. The molecule has 0 aromatic carbocycles.